The van der Waals surface area contributed by atoms with Gasteiger partial charge in [0.25, 0.3) is 0 Å². The number of nitrogens with zero attached hydrogens (tertiary/aromatic N) is 3. The molecule has 2 bridgehead atoms. The Kier molecular flexibility index (Phi) is 5.08. The first-order valence-corrected chi connectivity index (χ1v) is 10.6. The van der Waals surface area contributed by atoms with E-state index in [1.165, 1.54) is 0 Å². The SMILES string of the molecule is CS(=O)(=O)CCC(=O)N1C[C@@H]2CC[C@H](C1)N(Cc1ccccn1)C2=O. The molecule has 2 atom stereocenters. The molecular formula is C17H23N3O4S. The van der Waals surface area contributed by atoms with Crippen molar-refractivity contribution >= 4 is 21.7 Å². The van der Waals surface area contributed by atoms with Crippen LogP contribution in [0, 0.1) is 5.92 Å². The monoisotopic (exact) mass is 365 g/mol. The van der Waals surface area contributed by atoms with Crippen LogP contribution < -0.4 is 0 Å². The molecule has 4 heterocycles. The lowest BCUT2D eigenvalue weighted by atomic mass is 9.94. The summed E-state index contributed by atoms with van der Waals surface area (Å²) in [6, 6.07) is 5.59. The van der Waals surface area contributed by atoms with Gasteiger partial charge in [0.1, 0.15) is 9.84 Å². The van der Waals surface area contributed by atoms with Crippen LogP contribution in [-0.2, 0) is 26.0 Å². The second kappa shape index (κ2) is 7.11. The Bertz CT molecular complexity index is 750. The minimum atomic E-state index is -3.17. The number of fused-ring (bicyclic) bond motifs is 4. The largest absolute Gasteiger partial charge is 0.340 e. The van der Waals surface area contributed by atoms with Crippen molar-refractivity contribution in [2.75, 3.05) is 25.1 Å². The highest BCUT2D eigenvalue weighted by Crippen LogP contribution is 2.30. The summed E-state index contributed by atoms with van der Waals surface area (Å²) in [5, 5.41) is 0. The first kappa shape index (κ1) is 17.8. The number of piperidine rings is 1. The zero-order valence-corrected chi connectivity index (χ0v) is 15.1. The van der Waals surface area contributed by atoms with Crippen LogP contribution in [-0.4, -0.2) is 66.2 Å². The van der Waals surface area contributed by atoms with Crippen LogP contribution >= 0.6 is 0 Å². The average molecular weight is 365 g/mol. The molecule has 136 valence electrons. The Labute approximate surface area is 147 Å². The summed E-state index contributed by atoms with van der Waals surface area (Å²) in [5.74, 6) is -0.469. The average Bonchev–Trinajstić information content (AvgIpc) is 2.86. The van der Waals surface area contributed by atoms with Gasteiger partial charge in [-0.05, 0) is 25.0 Å². The van der Waals surface area contributed by atoms with Crippen molar-refractivity contribution in [2.24, 2.45) is 5.92 Å². The van der Waals surface area contributed by atoms with Crippen molar-refractivity contribution < 1.29 is 18.0 Å². The molecule has 0 unspecified atom stereocenters. The number of amides is 2. The standard InChI is InChI=1S/C17H23N3O4S/c1-25(23,24)9-7-16(21)19-10-13-5-6-15(12-19)20(17(13)22)11-14-4-2-3-8-18-14/h2-4,8,13,15H,5-7,9-12H2,1H3/t13-,15+/m0/s1. The summed E-state index contributed by atoms with van der Waals surface area (Å²) in [6.07, 6.45) is 4.45. The Hall–Kier alpha value is -1.96. The molecule has 1 aromatic heterocycles. The molecule has 0 radical (unpaired) electrons. The molecular weight excluding hydrogens is 342 g/mol. The van der Waals surface area contributed by atoms with E-state index in [9.17, 15) is 18.0 Å². The molecule has 3 fully saturated rings. The van der Waals surface area contributed by atoms with Gasteiger partial charge in [-0.2, -0.15) is 0 Å². The first-order valence-electron chi connectivity index (χ1n) is 8.49. The van der Waals surface area contributed by atoms with Crippen molar-refractivity contribution in [3.8, 4) is 0 Å². The summed E-state index contributed by atoms with van der Waals surface area (Å²) in [6.45, 7) is 1.31. The number of hydrogen-bond donors (Lipinski definition) is 0. The van der Waals surface area contributed by atoms with Crippen LogP contribution in [0.25, 0.3) is 0 Å². The number of carbonyl (C=O) groups is 2. The van der Waals surface area contributed by atoms with E-state index in [1.54, 1.807) is 11.1 Å². The van der Waals surface area contributed by atoms with E-state index in [1.807, 2.05) is 23.1 Å². The molecule has 8 heteroatoms. The predicted octanol–water partition coefficient (Wildman–Crippen LogP) is 0.466. The number of hydrogen-bond acceptors (Lipinski definition) is 5. The van der Waals surface area contributed by atoms with Gasteiger partial charge < -0.3 is 9.80 Å². The van der Waals surface area contributed by atoms with Crippen molar-refractivity contribution in [3.63, 3.8) is 0 Å². The molecule has 4 rings (SSSR count). The smallest absolute Gasteiger partial charge is 0.228 e. The van der Waals surface area contributed by atoms with Gasteiger partial charge >= 0.3 is 0 Å². The molecule has 25 heavy (non-hydrogen) atoms. The lowest BCUT2D eigenvalue weighted by Crippen LogP contribution is -2.47. The quantitative estimate of drug-likeness (QED) is 0.757. The molecule has 3 aliphatic rings. The van der Waals surface area contributed by atoms with Gasteiger partial charge in [-0.15, -0.1) is 0 Å². The number of rotatable bonds is 5. The third kappa shape index (κ3) is 4.36. The molecule has 0 N–H and O–H groups in total. The van der Waals surface area contributed by atoms with Crippen LogP contribution in [0.2, 0.25) is 0 Å². The topological polar surface area (TPSA) is 87.7 Å². The highest BCUT2D eigenvalue weighted by atomic mass is 32.2. The normalized spacial score (nSPS) is 23.6. The maximum absolute atomic E-state index is 12.8. The Balaban J connectivity index is 1.71. The van der Waals surface area contributed by atoms with Crippen molar-refractivity contribution in [2.45, 2.75) is 31.8 Å². The lowest BCUT2D eigenvalue weighted by molar-refractivity contribution is -0.140. The third-order valence-corrected chi connectivity index (χ3v) is 5.84. The number of carbonyl (C=O) groups excluding carboxylic acids is 2. The fraction of sp³-hybridized carbons (Fsp3) is 0.588. The van der Waals surface area contributed by atoms with Gasteiger partial charge in [-0.1, -0.05) is 6.07 Å². The zero-order chi connectivity index (χ0) is 18.0. The van der Waals surface area contributed by atoms with Gasteiger partial charge in [0.05, 0.1) is 23.9 Å². The van der Waals surface area contributed by atoms with E-state index in [-0.39, 0.29) is 35.9 Å². The van der Waals surface area contributed by atoms with Crippen molar-refractivity contribution in [1.82, 2.24) is 14.8 Å². The maximum atomic E-state index is 12.8. The van der Waals surface area contributed by atoms with Gasteiger partial charge in [-0.25, -0.2) is 8.42 Å². The molecule has 0 spiro atoms. The zero-order valence-electron chi connectivity index (χ0n) is 14.3. The highest BCUT2D eigenvalue weighted by Gasteiger charge is 2.41. The summed E-state index contributed by atoms with van der Waals surface area (Å²) < 4.78 is 22.6. The minimum absolute atomic E-state index is 0.0211. The lowest BCUT2D eigenvalue weighted by Gasteiger charge is -2.35. The summed E-state index contributed by atoms with van der Waals surface area (Å²) >= 11 is 0. The molecule has 0 aromatic carbocycles. The highest BCUT2D eigenvalue weighted by molar-refractivity contribution is 7.90. The van der Waals surface area contributed by atoms with Crippen LogP contribution in [0.4, 0.5) is 0 Å². The molecule has 7 nitrogen and oxygen atoms in total. The van der Waals surface area contributed by atoms with Gasteiger partial charge in [0.2, 0.25) is 11.8 Å². The van der Waals surface area contributed by atoms with Gasteiger partial charge in [0, 0.05) is 38.0 Å². The summed E-state index contributed by atoms with van der Waals surface area (Å²) in [4.78, 5) is 33.0. The number of pyridine rings is 1. The Morgan fingerprint density at radius 2 is 2.08 bits per heavy atom. The number of sulfone groups is 1. The third-order valence-electron chi connectivity index (χ3n) is 4.89. The first-order chi connectivity index (χ1) is 11.8. The maximum Gasteiger partial charge on any atom is 0.228 e. The van der Waals surface area contributed by atoms with Crippen molar-refractivity contribution in [3.05, 3.63) is 30.1 Å². The second-order valence-electron chi connectivity index (χ2n) is 6.89. The van der Waals surface area contributed by atoms with Crippen LogP contribution in [0.15, 0.2) is 24.4 Å². The van der Waals surface area contributed by atoms with E-state index in [4.69, 9.17) is 0 Å². The molecule has 0 aliphatic carbocycles. The molecule has 0 saturated carbocycles. The second-order valence-corrected chi connectivity index (χ2v) is 9.15. The van der Waals surface area contributed by atoms with E-state index >= 15 is 0 Å². The Morgan fingerprint density at radius 3 is 2.76 bits per heavy atom. The van der Waals surface area contributed by atoms with Crippen LogP contribution in [0.3, 0.4) is 0 Å². The van der Waals surface area contributed by atoms with E-state index in [0.29, 0.717) is 19.6 Å². The molecule has 3 aliphatic heterocycles. The fourth-order valence-electron chi connectivity index (χ4n) is 3.55. The van der Waals surface area contributed by atoms with E-state index < -0.39 is 9.84 Å². The summed E-state index contributed by atoms with van der Waals surface area (Å²) in [7, 11) is -3.17. The van der Waals surface area contributed by atoms with E-state index in [0.717, 1.165) is 24.8 Å². The molecule has 3 saturated heterocycles. The Morgan fingerprint density at radius 1 is 1.28 bits per heavy atom. The van der Waals surface area contributed by atoms with Crippen LogP contribution in [0.5, 0.6) is 0 Å². The predicted molar refractivity (Wildman–Crippen MR) is 92.2 cm³/mol. The van der Waals surface area contributed by atoms with Crippen LogP contribution in [0.1, 0.15) is 25.0 Å². The minimum Gasteiger partial charge on any atom is -0.340 e. The molecule has 2 amide bonds. The van der Waals surface area contributed by atoms with E-state index in [2.05, 4.69) is 4.98 Å². The van der Waals surface area contributed by atoms with Crippen molar-refractivity contribution in [1.29, 1.82) is 0 Å². The molecule has 1 aromatic rings. The number of aromatic nitrogens is 1. The fourth-order valence-corrected chi connectivity index (χ4v) is 4.09. The van der Waals surface area contributed by atoms with Gasteiger partial charge in [0.15, 0.2) is 0 Å². The summed E-state index contributed by atoms with van der Waals surface area (Å²) in [5.41, 5.74) is 0.832. The van der Waals surface area contributed by atoms with Gasteiger partial charge in [-0.3, -0.25) is 14.6 Å².